The standard InChI is InChI=1S/C17H19NOS/c19-10-4-6-13-5-3-7-14(11-13)18-16-12-20-17-9-2-1-8-15(16)17/h1-3,5,7-9,11,16,18-19H,4,6,10,12H2. The summed E-state index contributed by atoms with van der Waals surface area (Å²) in [6.07, 6.45) is 1.76. The number of aliphatic hydroxyl groups excluding tert-OH is 1. The fourth-order valence-electron chi connectivity index (χ4n) is 2.58. The van der Waals surface area contributed by atoms with Gasteiger partial charge < -0.3 is 10.4 Å². The minimum absolute atomic E-state index is 0.254. The van der Waals surface area contributed by atoms with Crippen LogP contribution in [-0.4, -0.2) is 17.5 Å². The average Bonchev–Trinajstić information content (AvgIpc) is 2.89. The molecule has 0 saturated carbocycles. The second kappa shape index (κ2) is 6.33. The van der Waals surface area contributed by atoms with Crippen LogP contribution in [0.3, 0.4) is 0 Å². The predicted molar refractivity (Wildman–Crippen MR) is 85.4 cm³/mol. The van der Waals surface area contributed by atoms with Crippen molar-refractivity contribution >= 4 is 17.4 Å². The van der Waals surface area contributed by atoms with Crippen LogP contribution < -0.4 is 5.32 Å². The van der Waals surface area contributed by atoms with Gasteiger partial charge >= 0.3 is 0 Å². The van der Waals surface area contributed by atoms with E-state index in [2.05, 4.69) is 53.8 Å². The fourth-order valence-corrected chi connectivity index (χ4v) is 3.74. The smallest absolute Gasteiger partial charge is 0.0618 e. The van der Waals surface area contributed by atoms with E-state index >= 15 is 0 Å². The normalized spacial score (nSPS) is 16.9. The van der Waals surface area contributed by atoms with Crippen molar-refractivity contribution < 1.29 is 5.11 Å². The van der Waals surface area contributed by atoms with Crippen molar-refractivity contribution in [3.8, 4) is 0 Å². The van der Waals surface area contributed by atoms with Gasteiger partial charge in [-0.2, -0.15) is 0 Å². The Bertz CT molecular complexity index is 585. The summed E-state index contributed by atoms with van der Waals surface area (Å²) in [4.78, 5) is 1.39. The summed E-state index contributed by atoms with van der Waals surface area (Å²) < 4.78 is 0. The third kappa shape index (κ3) is 3.00. The van der Waals surface area contributed by atoms with Crippen LogP contribution in [0.25, 0.3) is 0 Å². The molecule has 3 heteroatoms. The molecule has 2 nitrogen and oxygen atoms in total. The molecule has 1 unspecified atom stereocenters. The van der Waals surface area contributed by atoms with E-state index in [9.17, 15) is 0 Å². The Kier molecular flexibility index (Phi) is 4.28. The van der Waals surface area contributed by atoms with Gasteiger partial charge in [0.05, 0.1) is 6.04 Å². The molecule has 0 aliphatic carbocycles. The highest BCUT2D eigenvalue weighted by Crippen LogP contribution is 2.39. The number of benzene rings is 2. The molecular weight excluding hydrogens is 266 g/mol. The zero-order valence-electron chi connectivity index (χ0n) is 11.4. The first-order chi connectivity index (χ1) is 9.86. The molecule has 2 aromatic carbocycles. The Hall–Kier alpha value is -1.45. The number of hydrogen-bond donors (Lipinski definition) is 2. The van der Waals surface area contributed by atoms with E-state index in [4.69, 9.17) is 5.11 Å². The summed E-state index contributed by atoms with van der Waals surface area (Å²) in [5, 5.41) is 12.5. The lowest BCUT2D eigenvalue weighted by Gasteiger charge is -2.15. The Labute approximate surface area is 124 Å². The van der Waals surface area contributed by atoms with Gasteiger partial charge in [-0.15, -0.1) is 11.8 Å². The molecule has 1 aliphatic heterocycles. The van der Waals surface area contributed by atoms with Gasteiger partial charge in [0.1, 0.15) is 0 Å². The molecule has 20 heavy (non-hydrogen) atoms. The summed E-state index contributed by atoms with van der Waals surface area (Å²) in [5.41, 5.74) is 3.85. The molecule has 104 valence electrons. The molecule has 3 rings (SSSR count). The van der Waals surface area contributed by atoms with E-state index in [1.54, 1.807) is 0 Å². The molecule has 0 saturated heterocycles. The minimum Gasteiger partial charge on any atom is -0.396 e. The number of anilines is 1. The zero-order chi connectivity index (χ0) is 13.8. The Morgan fingerprint density at radius 1 is 1.15 bits per heavy atom. The van der Waals surface area contributed by atoms with Crippen LogP contribution in [0.2, 0.25) is 0 Å². The maximum Gasteiger partial charge on any atom is 0.0618 e. The van der Waals surface area contributed by atoms with Gasteiger partial charge in [-0.3, -0.25) is 0 Å². The molecule has 1 aliphatic rings. The van der Waals surface area contributed by atoms with Crippen LogP contribution >= 0.6 is 11.8 Å². The molecule has 1 heterocycles. The van der Waals surface area contributed by atoms with E-state index in [1.165, 1.54) is 21.7 Å². The maximum atomic E-state index is 8.92. The maximum absolute atomic E-state index is 8.92. The van der Waals surface area contributed by atoms with Gasteiger partial charge in [0.25, 0.3) is 0 Å². The van der Waals surface area contributed by atoms with E-state index in [1.807, 2.05) is 11.8 Å². The van der Waals surface area contributed by atoms with E-state index in [0.717, 1.165) is 18.6 Å². The lowest BCUT2D eigenvalue weighted by atomic mass is 10.1. The quantitative estimate of drug-likeness (QED) is 0.874. The number of rotatable bonds is 5. The lowest BCUT2D eigenvalue weighted by molar-refractivity contribution is 0.288. The molecule has 2 N–H and O–H groups in total. The van der Waals surface area contributed by atoms with Crippen molar-refractivity contribution in [1.82, 2.24) is 0 Å². The Morgan fingerprint density at radius 2 is 2.05 bits per heavy atom. The van der Waals surface area contributed by atoms with Crippen molar-refractivity contribution in [2.75, 3.05) is 17.7 Å². The Balaban J connectivity index is 1.72. The topological polar surface area (TPSA) is 32.3 Å². The number of fused-ring (bicyclic) bond motifs is 1. The number of hydrogen-bond acceptors (Lipinski definition) is 3. The highest BCUT2D eigenvalue weighted by molar-refractivity contribution is 7.99. The summed E-state index contributed by atoms with van der Waals surface area (Å²) in [5.74, 6) is 1.08. The highest BCUT2D eigenvalue weighted by Gasteiger charge is 2.22. The largest absolute Gasteiger partial charge is 0.396 e. The van der Waals surface area contributed by atoms with Crippen molar-refractivity contribution in [3.63, 3.8) is 0 Å². The molecule has 0 amide bonds. The monoisotopic (exact) mass is 285 g/mol. The zero-order valence-corrected chi connectivity index (χ0v) is 12.2. The molecule has 0 spiro atoms. The average molecular weight is 285 g/mol. The van der Waals surface area contributed by atoms with Crippen LogP contribution in [0.4, 0.5) is 5.69 Å². The first kappa shape index (κ1) is 13.5. The van der Waals surface area contributed by atoms with Crippen LogP contribution in [-0.2, 0) is 6.42 Å². The van der Waals surface area contributed by atoms with Gasteiger partial charge in [0.2, 0.25) is 0 Å². The van der Waals surface area contributed by atoms with E-state index in [-0.39, 0.29) is 6.61 Å². The minimum atomic E-state index is 0.254. The van der Waals surface area contributed by atoms with E-state index in [0.29, 0.717) is 6.04 Å². The van der Waals surface area contributed by atoms with Gasteiger partial charge in [-0.1, -0.05) is 30.3 Å². The third-order valence-corrected chi connectivity index (χ3v) is 4.77. The predicted octanol–water partition coefficient (Wildman–Crippen LogP) is 3.87. The molecular formula is C17H19NOS. The number of nitrogens with one attached hydrogen (secondary N) is 1. The first-order valence-corrected chi connectivity index (χ1v) is 8.03. The highest BCUT2D eigenvalue weighted by atomic mass is 32.2. The van der Waals surface area contributed by atoms with Crippen LogP contribution in [0, 0.1) is 0 Å². The van der Waals surface area contributed by atoms with Gasteiger partial charge in [0.15, 0.2) is 0 Å². The van der Waals surface area contributed by atoms with Crippen molar-refractivity contribution in [2.45, 2.75) is 23.8 Å². The number of aliphatic hydroxyl groups is 1. The Morgan fingerprint density at radius 3 is 2.95 bits per heavy atom. The molecule has 0 fully saturated rings. The summed E-state index contributed by atoms with van der Waals surface area (Å²) in [7, 11) is 0. The number of aryl methyl sites for hydroxylation is 1. The van der Waals surface area contributed by atoms with Gasteiger partial charge in [-0.05, 0) is 42.2 Å². The second-order valence-corrected chi connectivity index (χ2v) is 6.14. The SMILES string of the molecule is OCCCc1cccc(NC2CSc3ccccc32)c1. The van der Waals surface area contributed by atoms with Crippen molar-refractivity contribution in [1.29, 1.82) is 0 Å². The van der Waals surface area contributed by atoms with Gasteiger partial charge in [-0.25, -0.2) is 0 Å². The molecule has 0 bridgehead atoms. The molecule has 2 aromatic rings. The summed E-state index contributed by atoms with van der Waals surface area (Å²) >= 11 is 1.92. The van der Waals surface area contributed by atoms with Crippen molar-refractivity contribution in [3.05, 3.63) is 59.7 Å². The van der Waals surface area contributed by atoms with Crippen molar-refractivity contribution in [2.24, 2.45) is 0 Å². The summed E-state index contributed by atoms with van der Waals surface area (Å²) in [6, 6.07) is 17.5. The lowest BCUT2D eigenvalue weighted by Crippen LogP contribution is -2.09. The van der Waals surface area contributed by atoms with Crippen LogP contribution in [0.15, 0.2) is 53.4 Å². The van der Waals surface area contributed by atoms with Crippen LogP contribution in [0.1, 0.15) is 23.6 Å². The van der Waals surface area contributed by atoms with Gasteiger partial charge in [0, 0.05) is 22.9 Å². The molecule has 1 atom stereocenters. The second-order valence-electron chi connectivity index (χ2n) is 5.07. The molecule has 0 radical (unpaired) electrons. The third-order valence-electron chi connectivity index (χ3n) is 3.59. The van der Waals surface area contributed by atoms with E-state index < -0.39 is 0 Å². The summed E-state index contributed by atoms with van der Waals surface area (Å²) in [6.45, 7) is 0.254. The fraction of sp³-hybridized carbons (Fsp3) is 0.294. The van der Waals surface area contributed by atoms with Crippen LogP contribution in [0.5, 0.6) is 0 Å². The first-order valence-electron chi connectivity index (χ1n) is 7.05. The molecule has 0 aromatic heterocycles. The number of thioether (sulfide) groups is 1.